The molecule has 1 aromatic heterocycles. The van der Waals surface area contributed by atoms with Crippen LogP contribution in [0.15, 0.2) is 16.5 Å². The molecule has 0 aliphatic rings. The normalized spacial score (nSPS) is 12.8. The molecule has 0 aliphatic heterocycles. The monoisotopic (exact) mass is 252 g/mol. The number of nitrogens with zero attached hydrogens (tertiary/aromatic N) is 1. The summed E-state index contributed by atoms with van der Waals surface area (Å²) in [5, 5.41) is 0. The van der Waals surface area contributed by atoms with Gasteiger partial charge in [-0.2, -0.15) is 0 Å². The summed E-state index contributed by atoms with van der Waals surface area (Å²) < 4.78 is 5.52. The quantitative estimate of drug-likeness (QED) is 0.846. The van der Waals surface area contributed by atoms with E-state index in [1.165, 1.54) is 0 Å². The number of furan rings is 1. The minimum Gasteiger partial charge on any atom is -0.464 e. The molecule has 1 aromatic rings. The molecule has 0 spiro atoms. The van der Waals surface area contributed by atoms with Crippen molar-refractivity contribution in [2.24, 2.45) is 5.73 Å². The van der Waals surface area contributed by atoms with Gasteiger partial charge >= 0.3 is 0 Å². The lowest BCUT2D eigenvalue weighted by Gasteiger charge is -2.28. The van der Waals surface area contributed by atoms with Gasteiger partial charge in [0.05, 0.1) is 12.6 Å². The Labute approximate surface area is 109 Å². The average molecular weight is 252 g/mol. The first-order valence-corrected chi connectivity index (χ1v) is 6.57. The van der Waals surface area contributed by atoms with Gasteiger partial charge in [0.2, 0.25) is 5.91 Å². The van der Waals surface area contributed by atoms with Crippen LogP contribution in [0.4, 0.5) is 0 Å². The molecule has 4 nitrogen and oxygen atoms in total. The van der Waals surface area contributed by atoms with Crippen molar-refractivity contribution in [3.8, 4) is 0 Å². The molecule has 0 fully saturated rings. The van der Waals surface area contributed by atoms with Crippen molar-refractivity contribution in [3.05, 3.63) is 23.7 Å². The third kappa shape index (κ3) is 3.88. The lowest BCUT2D eigenvalue weighted by Crippen LogP contribution is -2.46. The molecule has 0 unspecified atom stereocenters. The Kier molecular flexibility index (Phi) is 5.41. The van der Waals surface area contributed by atoms with Crippen LogP contribution in [0.25, 0.3) is 0 Å². The van der Waals surface area contributed by atoms with Crippen LogP contribution in [0.3, 0.4) is 0 Å². The van der Waals surface area contributed by atoms with Crippen LogP contribution in [0.1, 0.15) is 45.1 Å². The lowest BCUT2D eigenvalue weighted by atomic mass is 10.1. The van der Waals surface area contributed by atoms with Crippen LogP contribution in [0.2, 0.25) is 0 Å². The Hall–Kier alpha value is -1.29. The van der Waals surface area contributed by atoms with Crippen LogP contribution < -0.4 is 5.73 Å². The number of aryl methyl sites for hydroxylation is 1. The second-order valence-electron chi connectivity index (χ2n) is 4.97. The van der Waals surface area contributed by atoms with Crippen molar-refractivity contribution in [1.82, 2.24) is 4.90 Å². The Morgan fingerprint density at radius 1 is 1.44 bits per heavy atom. The van der Waals surface area contributed by atoms with Crippen LogP contribution in [-0.4, -0.2) is 22.9 Å². The summed E-state index contributed by atoms with van der Waals surface area (Å²) in [6, 6.07) is 3.52. The standard InChI is InChI=1S/C14H24N2O2/c1-5-6-13(15)14(17)16(10(2)3)9-12-8-7-11(4)18-12/h7-8,10,13H,5-6,9,15H2,1-4H3/t13-/m0/s1. The van der Waals surface area contributed by atoms with E-state index in [0.717, 1.165) is 24.4 Å². The number of nitrogens with two attached hydrogens (primary N) is 1. The van der Waals surface area contributed by atoms with Crippen LogP contribution in [-0.2, 0) is 11.3 Å². The van der Waals surface area contributed by atoms with Crippen molar-refractivity contribution < 1.29 is 9.21 Å². The molecule has 1 heterocycles. The Bertz CT molecular complexity index is 385. The highest BCUT2D eigenvalue weighted by molar-refractivity contribution is 5.81. The van der Waals surface area contributed by atoms with E-state index in [2.05, 4.69) is 0 Å². The van der Waals surface area contributed by atoms with Gasteiger partial charge in [0.15, 0.2) is 0 Å². The summed E-state index contributed by atoms with van der Waals surface area (Å²) in [4.78, 5) is 14.0. The molecule has 1 amide bonds. The van der Waals surface area contributed by atoms with E-state index < -0.39 is 6.04 Å². The first-order chi connectivity index (χ1) is 8.45. The number of carbonyl (C=O) groups is 1. The third-order valence-electron chi connectivity index (χ3n) is 2.95. The highest BCUT2D eigenvalue weighted by Crippen LogP contribution is 2.13. The zero-order chi connectivity index (χ0) is 13.7. The van der Waals surface area contributed by atoms with Gasteiger partial charge in [-0.05, 0) is 39.3 Å². The second-order valence-corrected chi connectivity index (χ2v) is 4.97. The predicted octanol–water partition coefficient (Wildman–Crippen LogP) is 2.45. The zero-order valence-electron chi connectivity index (χ0n) is 11.8. The highest BCUT2D eigenvalue weighted by Gasteiger charge is 2.23. The van der Waals surface area contributed by atoms with Gasteiger partial charge in [0.1, 0.15) is 11.5 Å². The summed E-state index contributed by atoms with van der Waals surface area (Å²) in [5.41, 5.74) is 5.90. The molecule has 0 aliphatic carbocycles. The molecule has 1 atom stereocenters. The molecule has 0 aromatic carbocycles. The molecular formula is C14H24N2O2. The fourth-order valence-electron chi connectivity index (χ4n) is 1.90. The maximum atomic E-state index is 12.2. The maximum absolute atomic E-state index is 12.2. The summed E-state index contributed by atoms with van der Waals surface area (Å²) in [6.07, 6.45) is 1.64. The summed E-state index contributed by atoms with van der Waals surface area (Å²) in [7, 11) is 0. The second kappa shape index (κ2) is 6.59. The fourth-order valence-corrected chi connectivity index (χ4v) is 1.90. The van der Waals surface area contributed by atoms with Crippen molar-refractivity contribution >= 4 is 5.91 Å². The third-order valence-corrected chi connectivity index (χ3v) is 2.95. The lowest BCUT2D eigenvalue weighted by molar-refractivity contribution is -0.135. The van der Waals surface area contributed by atoms with Crippen molar-refractivity contribution in [2.75, 3.05) is 0 Å². The van der Waals surface area contributed by atoms with E-state index in [-0.39, 0.29) is 11.9 Å². The van der Waals surface area contributed by atoms with Gasteiger partial charge in [-0.15, -0.1) is 0 Å². The molecule has 1 rings (SSSR count). The van der Waals surface area contributed by atoms with E-state index in [9.17, 15) is 4.79 Å². The molecule has 2 N–H and O–H groups in total. The maximum Gasteiger partial charge on any atom is 0.240 e. The predicted molar refractivity (Wildman–Crippen MR) is 72.0 cm³/mol. The highest BCUT2D eigenvalue weighted by atomic mass is 16.3. The first kappa shape index (κ1) is 14.8. The van der Waals surface area contributed by atoms with E-state index in [1.807, 2.05) is 39.8 Å². The van der Waals surface area contributed by atoms with Gasteiger partial charge in [0, 0.05) is 6.04 Å². The summed E-state index contributed by atoms with van der Waals surface area (Å²) in [5.74, 6) is 1.66. The van der Waals surface area contributed by atoms with Gasteiger partial charge in [-0.25, -0.2) is 0 Å². The number of hydrogen-bond acceptors (Lipinski definition) is 3. The fraction of sp³-hybridized carbons (Fsp3) is 0.643. The van der Waals surface area contributed by atoms with Crippen LogP contribution in [0, 0.1) is 6.92 Å². The van der Waals surface area contributed by atoms with Gasteiger partial charge in [0.25, 0.3) is 0 Å². The van der Waals surface area contributed by atoms with Crippen molar-refractivity contribution in [1.29, 1.82) is 0 Å². The van der Waals surface area contributed by atoms with Gasteiger partial charge < -0.3 is 15.1 Å². The van der Waals surface area contributed by atoms with E-state index >= 15 is 0 Å². The largest absolute Gasteiger partial charge is 0.464 e. The Morgan fingerprint density at radius 3 is 2.56 bits per heavy atom. The molecule has 0 saturated heterocycles. The van der Waals surface area contributed by atoms with Gasteiger partial charge in [-0.3, -0.25) is 4.79 Å². The minimum atomic E-state index is -0.409. The minimum absolute atomic E-state index is 0.000836. The van der Waals surface area contributed by atoms with E-state index in [0.29, 0.717) is 6.54 Å². The molecule has 0 saturated carbocycles. The Morgan fingerprint density at radius 2 is 2.11 bits per heavy atom. The summed E-state index contributed by atoms with van der Waals surface area (Å²) in [6.45, 7) is 8.40. The summed E-state index contributed by atoms with van der Waals surface area (Å²) >= 11 is 0. The van der Waals surface area contributed by atoms with Gasteiger partial charge in [-0.1, -0.05) is 13.3 Å². The van der Waals surface area contributed by atoms with E-state index in [4.69, 9.17) is 10.2 Å². The topological polar surface area (TPSA) is 59.5 Å². The van der Waals surface area contributed by atoms with Crippen LogP contribution in [0.5, 0.6) is 0 Å². The van der Waals surface area contributed by atoms with Crippen molar-refractivity contribution in [2.45, 2.75) is 59.2 Å². The Balaban J connectivity index is 2.73. The first-order valence-electron chi connectivity index (χ1n) is 6.57. The number of amides is 1. The molecular weight excluding hydrogens is 228 g/mol. The molecule has 4 heteroatoms. The SMILES string of the molecule is CCC[C@H](N)C(=O)N(Cc1ccc(C)o1)C(C)C. The number of carbonyl (C=O) groups excluding carboxylic acids is 1. The van der Waals surface area contributed by atoms with Crippen LogP contribution >= 0.6 is 0 Å². The van der Waals surface area contributed by atoms with E-state index in [1.54, 1.807) is 4.90 Å². The molecule has 18 heavy (non-hydrogen) atoms. The number of rotatable bonds is 6. The smallest absolute Gasteiger partial charge is 0.240 e. The molecule has 0 bridgehead atoms. The average Bonchev–Trinajstić information content (AvgIpc) is 2.71. The molecule has 102 valence electrons. The zero-order valence-corrected chi connectivity index (χ0v) is 11.8. The van der Waals surface area contributed by atoms with Crippen molar-refractivity contribution in [3.63, 3.8) is 0 Å². The molecule has 0 radical (unpaired) electrons. The number of hydrogen-bond donors (Lipinski definition) is 1.